The average Bonchev–Trinajstić information content (AvgIpc) is 2.48. The predicted molar refractivity (Wildman–Crippen MR) is 85.9 cm³/mol. The summed E-state index contributed by atoms with van der Waals surface area (Å²) < 4.78 is 0. The van der Waals surface area contributed by atoms with E-state index in [0.717, 1.165) is 25.2 Å². The standard InChI is InChI=1S/C18H22N2/c1-3-20(13-16-7-5-4-6-8-16)14-17-9-11-18(12-10-17)15(2)19/h4-12H,2-3,13-14,19H2,1H3. The first-order valence-corrected chi connectivity index (χ1v) is 6.99. The second-order valence-corrected chi connectivity index (χ2v) is 5.01. The fraction of sp³-hybridized carbons (Fsp3) is 0.222. The Labute approximate surface area is 121 Å². The second kappa shape index (κ2) is 6.92. The molecule has 0 saturated carbocycles. The molecule has 0 radical (unpaired) electrons. The zero-order chi connectivity index (χ0) is 14.4. The lowest BCUT2D eigenvalue weighted by molar-refractivity contribution is 0.271. The van der Waals surface area contributed by atoms with Gasteiger partial charge in [-0.3, -0.25) is 4.90 Å². The molecule has 0 aliphatic rings. The summed E-state index contributed by atoms with van der Waals surface area (Å²) in [4.78, 5) is 2.42. The van der Waals surface area contributed by atoms with E-state index in [1.807, 2.05) is 12.1 Å². The largest absolute Gasteiger partial charge is 0.399 e. The molecular formula is C18H22N2. The van der Waals surface area contributed by atoms with E-state index in [-0.39, 0.29) is 0 Å². The molecule has 0 aromatic heterocycles. The Morgan fingerprint density at radius 3 is 2.00 bits per heavy atom. The van der Waals surface area contributed by atoms with Crippen molar-refractivity contribution in [3.8, 4) is 0 Å². The normalized spacial score (nSPS) is 10.7. The third kappa shape index (κ3) is 3.97. The van der Waals surface area contributed by atoms with E-state index in [2.05, 4.69) is 60.9 Å². The monoisotopic (exact) mass is 266 g/mol. The lowest BCUT2D eigenvalue weighted by Gasteiger charge is -2.20. The number of benzene rings is 2. The minimum Gasteiger partial charge on any atom is -0.399 e. The number of hydrogen-bond acceptors (Lipinski definition) is 2. The van der Waals surface area contributed by atoms with Crippen LogP contribution in [-0.2, 0) is 13.1 Å². The van der Waals surface area contributed by atoms with Gasteiger partial charge in [0.1, 0.15) is 0 Å². The van der Waals surface area contributed by atoms with Gasteiger partial charge in [-0.05, 0) is 23.2 Å². The summed E-state index contributed by atoms with van der Waals surface area (Å²) in [5.41, 5.74) is 9.95. The molecule has 0 aliphatic heterocycles. The van der Waals surface area contributed by atoms with Crippen molar-refractivity contribution in [1.82, 2.24) is 4.90 Å². The van der Waals surface area contributed by atoms with E-state index in [4.69, 9.17) is 5.73 Å². The molecule has 20 heavy (non-hydrogen) atoms. The number of hydrogen-bond donors (Lipinski definition) is 1. The van der Waals surface area contributed by atoms with E-state index in [9.17, 15) is 0 Å². The average molecular weight is 266 g/mol. The van der Waals surface area contributed by atoms with Crippen LogP contribution in [-0.4, -0.2) is 11.4 Å². The van der Waals surface area contributed by atoms with Crippen LogP contribution in [0.25, 0.3) is 5.70 Å². The van der Waals surface area contributed by atoms with Crippen molar-refractivity contribution >= 4 is 5.70 Å². The molecule has 0 bridgehead atoms. The van der Waals surface area contributed by atoms with Crippen molar-refractivity contribution in [3.63, 3.8) is 0 Å². The molecule has 0 spiro atoms. The third-order valence-corrected chi connectivity index (χ3v) is 3.43. The molecule has 2 nitrogen and oxygen atoms in total. The summed E-state index contributed by atoms with van der Waals surface area (Å²) >= 11 is 0. The predicted octanol–water partition coefficient (Wildman–Crippen LogP) is 3.64. The highest BCUT2D eigenvalue weighted by molar-refractivity contribution is 5.60. The van der Waals surface area contributed by atoms with Crippen LogP contribution in [0.2, 0.25) is 0 Å². The first-order valence-electron chi connectivity index (χ1n) is 6.99. The van der Waals surface area contributed by atoms with E-state index < -0.39 is 0 Å². The quantitative estimate of drug-likeness (QED) is 0.865. The first-order chi connectivity index (χ1) is 9.69. The Balaban J connectivity index is 2.01. The smallest absolute Gasteiger partial charge is 0.0314 e. The number of rotatable bonds is 6. The van der Waals surface area contributed by atoms with E-state index in [1.165, 1.54) is 11.1 Å². The van der Waals surface area contributed by atoms with Crippen LogP contribution in [0.4, 0.5) is 0 Å². The van der Waals surface area contributed by atoms with Crippen LogP contribution >= 0.6 is 0 Å². The fourth-order valence-electron chi connectivity index (χ4n) is 2.20. The van der Waals surface area contributed by atoms with Gasteiger partial charge in [0.25, 0.3) is 0 Å². The van der Waals surface area contributed by atoms with Crippen molar-refractivity contribution < 1.29 is 0 Å². The minimum atomic E-state index is 0.619. The molecule has 2 aromatic rings. The summed E-state index contributed by atoms with van der Waals surface area (Å²) in [7, 11) is 0. The van der Waals surface area contributed by atoms with Crippen molar-refractivity contribution in [2.75, 3.05) is 6.54 Å². The molecule has 0 saturated heterocycles. The van der Waals surface area contributed by atoms with Crippen LogP contribution in [0.5, 0.6) is 0 Å². The van der Waals surface area contributed by atoms with Gasteiger partial charge >= 0.3 is 0 Å². The SMILES string of the molecule is C=C(N)c1ccc(CN(CC)Cc2ccccc2)cc1. The Kier molecular flexibility index (Phi) is 4.97. The number of nitrogens with two attached hydrogens (primary N) is 1. The lowest BCUT2D eigenvalue weighted by Crippen LogP contribution is -2.22. The molecule has 2 N–H and O–H groups in total. The molecule has 0 fully saturated rings. The van der Waals surface area contributed by atoms with Crippen molar-refractivity contribution in [1.29, 1.82) is 0 Å². The molecule has 0 amide bonds. The van der Waals surface area contributed by atoms with E-state index >= 15 is 0 Å². The van der Waals surface area contributed by atoms with E-state index in [1.54, 1.807) is 0 Å². The Bertz CT molecular complexity index is 543. The fourth-order valence-corrected chi connectivity index (χ4v) is 2.20. The molecule has 2 aromatic carbocycles. The van der Waals surface area contributed by atoms with Gasteiger partial charge in [-0.2, -0.15) is 0 Å². The number of nitrogens with zero attached hydrogens (tertiary/aromatic N) is 1. The molecular weight excluding hydrogens is 244 g/mol. The maximum atomic E-state index is 5.69. The van der Waals surface area contributed by atoms with E-state index in [0.29, 0.717) is 5.70 Å². The zero-order valence-corrected chi connectivity index (χ0v) is 12.0. The van der Waals surface area contributed by atoms with Gasteiger partial charge in [0.15, 0.2) is 0 Å². The molecule has 2 rings (SSSR count). The van der Waals surface area contributed by atoms with Crippen molar-refractivity contribution in [2.24, 2.45) is 5.73 Å². The molecule has 0 atom stereocenters. The summed E-state index contributed by atoms with van der Waals surface area (Å²) in [6.07, 6.45) is 0. The summed E-state index contributed by atoms with van der Waals surface area (Å²) in [6.45, 7) is 8.90. The minimum absolute atomic E-state index is 0.619. The van der Waals surface area contributed by atoms with Crippen LogP contribution in [0, 0.1) is 0 Å². The van der Waals surface area contributed by atoms with Gasteiger partial charge in [-0.1, -0.05) is 68.1 Å². The van der Waals surface area contributed by atoms with Crippen LogP contribution in [0.1, 0.15) is 23.6 Å². The highest BCUT2D eigenvalue weighted by Gasteiger charge is 2.05. The maximum absolute atomic E-state index is 5.69. The molecule has 0 heterocycles. The van der Waals surface area contributed by atoms with Gasteiger partial charge in [0.05, 0.1) is 0 Å². The van der Waals surface area contributed by atoms with Gasteiger partial charge in [0.2, 0.25) is 0 Å². The van der Waals surface area contributed by atoms with Gasteiger partial charge in [-0.15, -0.1) is 0 Å². The Hall–Kier alpha value is -2.06. The van der Waals surface area contributed by atoms with Crippen molar-refractivity contribution in [3.05, 3.63) is 77.9 Å². The first kappa shape index (κ1) is 14.4. The summed E-state index contributed by atoms with van der Waals surface area (Å²) in [6, 6.07) is 18.9. The molecule has 0 aliphatic carbocycles. The van der Waals surface area contributed by atoms with Crippen LogP contribution in [0.15, 0.2) is 61.2 Å². The zero-order valence-electron chi connectivity index (χ0n) is 12.0. The molecule has 0 unspecified atom stereocenters. The lowest BCUT2D eigenvalue weighted by atomic mass is 10.1. The van der Waals surface area contributed by atoms with Gasteiger partial charge in [-0.25, -0.2) is 0 Å². The van der Waals surface area contributed by atoms with Crippen LogP contribution < -0.4 is 5.73 Å². The van der Waals surface area contributed by atoms with Crippen molar-refractivity contribution in [2.45, 2.75) is 20.0 Å². The topological polar surface area (TPSA) is 29.3 Å². The van der Waals surface area contributed by atoms with Crippen LogP contribution in [0.3, 0.4) is 0 Å². The highest BCUT2D eigenvalue weighted by atomic mass is 15.1. The van der Waals surface area contributed by atoms with Gasteiger partial charge in [0, 0.05) is 18.8 Å². The molecule has 2 heteroatoms. The highest BCUT2D eigenvalue weighted by Crippen LogP contribution is 2.13. The van der Waals surface area contributed by atoms with Gasteiger partial charge < -0.3 is 5.73 Å². The Morgan fingerprint density at radius 1 is 0.950 bits per heavy atom. The molecule has 104 valence electrons. The summed E-state index contributed by atoms with van der Waals surface area (Å²) in [5.74, 6) is 0. The Morgan fingerprint density at radius 2 is 1.50 bits per heavy atom. The summed E-state index contributed by atoms with van der Waals surface area (Å²) in [5, 5.41) is 0. The third-order valence-electron chi connectivity index (χ3n) is 3.43. The second-order valence-electron chi connectivity index (χ2n) is 5.01. The maximum Gasteiger partial charge on any atom is 0.0314 e.